The molecular weight excluding hydrogens is 216 g/mol. The van der Waals surface area contributed by atoms with Crippen LogP contribution in [0.4, 0.5) is 0 Å². The lowest BCUT2D eigenvalue weighted by Gasteiger charge is -2.14. The molecule has 2 rings (SSSR count). The molecule has 1 aromatic carbocycles. The SMILES string of the molecule is Cc1cc(C(=O)O)cc(C2=CCOC=C2)c1C. The number of rotatable bonds is 2. The van der Waals surface area contributed by atoms with Gasteiger partial charge in [0, 0.05) is 0 Å². The standard InChI is InChI=1S/C14H14O3/c1-9-7-12(14(15)16)8-13(10(9)2)11-3-5-17-6-4-11/h3-5,7-8H,6H2,1-2H3,(H,15,16). The van der Waals surface area contributed by atoms with E-state index < -0.39 is 5.97 Å². The Morgan fingerprint density at radius 2 is 2.12 bits per heavy atom. The van der Waals surface area contributed by atoms with Gasteiger partial charge in [-0.1, -0.05) is 0 Å². The van der Waals surface area contributed by atoms with E-state index in [9.17, 15) is 4.79 Å². The second-order valence-electron chi connectivity index (χ2n) is 4.07. The Hall–Kier alpha value is -2.03. The molecule has 1 heterocycles. The number of benzene rings is 1. The van der Waals surface area contributed by atoms with Crippen LogP contribution in [0.15, 0.2) is 30.5 Å². The Bertz CT molecular complexity index is 525. The van der Waals surface area contributed by atoms with Crippen LogP contribution in [-0.2, 0) is 4.74 Å². The Kier molecular flexibility index (Phi) is 3.00. The fourth-order valence-corrected chi connectivity index (χ4v) is 1.87. The van der Waals surface area contributed by atoms with Crippen molar-refractivity contribution < 1.29 is 14.6 Å². The van der Waals surface area contributed by atoms with E-state index in [0.29, 0.717) is 12.2 Å². The molecule has 0 aliphatic carbocycles. The summed E-state index contributed by atoms with van der Waals surface area (Å²) < 4.78 is 5.10. The number of hydrogen-bond donors (Lipinski definition) is 1. The summed E-state index contributed by atoms with van der Waals surface area (Å²) in [5.74, 6) is -0.897. The molecule has 0 spiro atoms. The first-order valence-corrected chi connectivity index (χ1v) is 5.43. The molecule has 3 heteroatoms. The van der Waals surface area contributed by atoms with Crippen LogP contribution in [-0.4, -0.2) is 17.7 Å². The van der Waals surface area contributed by atoms with E-state index in [1.54, 1.807) is 18.4 Å². The van der Waals surface area contributed by atoms with Gasteiger partial charge in [-0.15, -0.1) is 0 Å². The minimum absolute atomic E-state index is 0.323. The molecule has 0 radical (unpaired) electrons. The Morgan fingerprint density at radius 3 is 2.71 bits per heavy atom. The first-order valence-electron chi connectivity index (χ1n) is 5.43. The van der Waals surface area contributed by atoms with Crippen LogP contribution in [0.5, 0.6) is 0 Å². The molecular formula is C14H14O3. The van der Waals surface area contributed by atoms with Crippen LogP contribution >= 0.6 is 0 Å². The third-order valence-electron chi connectivity index (χ3n) is 2.97. The van der Waals surface area contributed by atoms with Crippen molar-refractivity contribution in [2.75, 3.05) is 6.61 Å². The first-order chi connectivity index (χ1) is 8.09. The molecule has 1 aliphatic rings. The molecule has 0 aromatic heterocycles. The lowest BCUT2D eigenvalue weighted by molar-refractivity contribution is 0.0696. The molecule has 88 valence electrons. The van der Waals surface area contributed by atoms with E-state index >= 15 is 0 Å². The number of allylic oxidation sites excluding steroid dienone is 2. The maximum Gasteiger partial charge on any atom is 0.335 e. The molecule has 0 bridgehead atoms. The highest BCUT2D eigenvalue weighted by Gasteiger charge is 2.12. The second-order valence-corrected chi connectivity index (χ2v) is 4.07. The predicted octanol–water partition coefficient (Wildman–Crippen LogP) is 2.93. The van der Waals surface area contributed by atoms with Crippen LogP contribution in [0.3, 0.4) is 0 Å². The van der Waals surface area contributed by atoms with Crippen molar-refractivity contribution in [2.24, 2.45) is 0 Å². The highest BCUT2D eigenvalue weighted by molar-refractivity contribution is 5.90. The number of hydrogen-bond acceptors (Lipinski definition) is 2. The maximum atomic E-state index is 11.0. The van der Waals surface area contributed by atoms with Gasteiger partial charge in [0.05, 0.1) is 11.8 Å². The number of aryl methyl sites for hydroxylation is 1. The van der Waals surface area contributed by atoms with E-state index in [0.717, 1.165) is 22.3 Å². The molecule has 0 saturated carbocycles. The van der Waals surface area contributed by atoms with Crippen molar-refractivity contribution in [2.45, 2.75) is 13.8 Å². The summed E-state index contributed by atoms with van der Waals surface area (Å²) in [5.41, 5.74) is 4.39. The van der Waals surface area contributed by atoms with E-state index in [4.69, 9.17) is 9.84 Å². The molecule has 17 heavy (non-hydrogen) atoms. The number of carbonyl (C=O) groups is 1. The van der Waals surface area contributed by atoms with E-state index in [1.165, 1.54) is 0 Å². The molecule has 0 unspecified atom stereocenters. The quantitative estimate of drug-likeness (QED) is 0.849. The van der Waals surface area contributed by atoms with Crippen LogP contribution in [0.1, 0.15) is 27.0 Å². The van der Waals surface area contributed by atoms with Crippen molar-refractivity contribution in [3.05, 3.63) is 52.8 Å². The Morgan fingerprint density at radius 1 is 1.35 bits per heavy atom. The molecule has 1 aromatic rings. The van der Waals surface area contributed by atoms with Gasteiger partial charge in [0.25, 0.3) is 0 Å². The fraction of sp³-hybridized carbons (Fsp3) is 0.214. The summed E-state index contributed by atoms with van der Waals surface area (Å²) in [7, 11) is 0. The Balaban J connectivity index is 2.56. The van der Waals surface area contributed by atoms with Crippen molar-refractivity contribution in [3.63, 3.8) is 0 Å². The molecule has 0 saturated heterocycles. The predicted molar refractivity (Wildman–Crippen MR) is 65.9 cm³/mol. The molecule has 1 aliphatic heterocycles. The van der Waals surface area contributed by atoms with Gasteiger partial charge in [0.2, 0.25) is 0 Å². The summed E-state index contributed by atoms with van der Waals surface area (Å²) in [6, 6.07) is 3.41. The van der Waals surface area contributed by atoms with Gasteiger partial charge < -0.3 is 9.84 Å². The van der Waals surface area contributed by atoms with Crippen molar-refractivity contribution in [1.82, 2.24) is 0 Å². The molecule has 0 atom stereocenters. The zero-order valence-corrected chi connectivity index (χ0v) is 9.86. The summed E-state index contributed by atoms with van der Waals surface area (Å²) >= 11 is 0. The van der Waals surface area contributed by atoms with Crippen LogP contribution < -0.4 is 0 Å². The third kappa shape index (κ3) is 2.23. The van der Waals surface area contributed by atoms with Gasteiger partial charge in [-0.2, -0.15) is 0 Å². The van der Waals surface area contributed by atoms with Crippen LogP contribution in [0.25, 0.3) is 5.57 Å². The van der Waals surface area contributed by atoms with Gasteiger partial charge in [-0.05, 0) is 60.4 Å². The Labute approximate surface area is 100 Å². The smallest absolute Gasteiger partial charge is 0.335 e. The van der Waals surface area contributed by atoms with Crippen molar-refractivity contribution in [3.8, 4) is 0 Å². The maximum absolute atomic E-state index is 11.0. The van der Waals surface area contributed by atoms with Crippen LogP contribution in [0.2, 0.25) is 0 Å². The summed E-state index contributed by atoms with van der Waals surface area (Å²) in [4.78, 5) is 11.0. The van der Waals surface area contributed by atoms with Crippen molar-refractivity contribution in [1.29, 1.82) is 0 Å². The highest BCUT2D eigenvalue weighted by Crippen LogP contribution is 2.26. The summed E-state index contributed by atoms with van der Waals surface area (Å²) in [6.07, 6.45) is 5.45. The normalized spacial score (nSPS) is 14.1. The first kappa shape index (κ1) is 11.5. The van der Waals surface area contributed by atoms with Gasteiger partial charge in [0.1, 0.15) is 6.61 Å². The van der Waals surface area contributed by atoms with E-state index in [-0.39, 0.29) is 0 Å². The molecule has 0 amide bonds. The number of aromatic carboxylic acids is 1. The van der Waals surface area contributed by atoms with Crippen LogP contribution in [0, 0.1) is 13.8 Å². The van der Waals surface area contributed by atoms with Gasteiger partial charge in [-0.3, -0.25) is 0 Å². The minimum Gasteiger partial charge on any atom is -0.497 e. The lowest BCUT2D eigenvalue weighted by Crippen LogP contribution is -2.02. The number of carboxylic acids is 1. The largest absolute Gasteiger partial charge is 0.497 e. The zero-order valence-electron chi connectivity index (χ0n) is 9.86. The summed E-state index contributed by atoms with van der Waals surface area (Å²) in [5, 5.41) is 9.06. The van der Waals surface area contributed by atoms with E-state index in [1.807, 2.05) is 26.0 Å². The van der Waals surface area contributed by atoms with Gasteiger partial charge in [-0.25, -0.2) is 4.79 Å². The van der Waals surface area contributed by atoms with Crippen molar-refractivity contribution >= 4 is 11.5 Å². The average Bonchev–Trinajstić information content (AvgIpc) is 2.33. The summed E-state index contributed by atoms with van der Waals surface area (Å²) in [6.45, 7) is 4.46. The average molecular weight is 230 g/mol. The third-order valence-corrected chi connectivity index (χ3v) is 2.97. The topological polar surface area (TPSA) is 46.5 Å². The molecule has 3 nitrogen and oxygen atoms in total. The number of ether oxygens (including phenoxy) is 1. The molecule has 0 fully saturated rings. The zero-order chi connectivity index (χ0) is 12.4. The monoisotopic (exact) mass is 230 g/mol. The van der Waals surface area contributed by atoms with Gasteiger partial charge >= 0.3 is 5.97 Å². The molecule has 1 N–H and O–H groups in total. The highest BCUT2D eigenvalue weighted by atomic mass is 16.5. The lowest BCUT2D eigenvalue weighted by atomic mass is 9.93. The van der Waals surface area contributed by atoms with E-state index in [2.05, 4.69) is 0 Å². The second kappa shape index (κ2) is 4.45. The van der Waals surface area contributed by atoms with Gasteiger partial charge in [0.15, 0.2) is 0 Å². The fourth-order valence-electron chi connectivity index (χ4n) is 1.87. The minimum atomic E-state index is -0.897. The number of carboxylic acid groups (broad SMARTS) is 1.